The number of methoxy groups -OCH3 is 2. The molecule has 2 aromatic rings. The summed E-state index contributed by atoms with van der Waals surface area (Å²) < 4.78 is 38.4. The summed E-state index contributed by atoms with van der Waals surface area (Å²) in [6, 6.07) is 8.73. The van der Waals surface area contributed by atoms with Gasteiger partial charge in [-0.2, -0.15) is 0 Å². The Morgan fingerprint density at radius 1 is 0.929 bits per heavy atom. The van der Waals surface area contributed by atoms with Gasteiger partial charge in [0.1, 0.15) is 17.4 Å². The van der Waals surface area contributed by atoms with Crippen molar-refractivity contribution in [2.45, 2.75) is 11.8 Å². The van der Waals surface area contributed by atoms with Crippen molar-refractivity contribution in [3.8, 4) is 11.5 Å². The first kappa shape index (κ1) is 19.5. The van der Waals surface area contributed by atoms with Crippen LogP contribution in [0.3, 0.4) is 0 Å². The van der Waals surface area contributed by atoms with Crippen molar-refractivity contribution in [3.05, 3.63) is 36.4 Å². The second-order valence-electron chi connectivity index (χ2n) is 6.08. The van der Waals surface area contributed by atoms with Gasteiger partial charge in [0, 0.05) is 6.07 Å². The topological polar surface area (TPSA) is 123 Å². The lowest BCUT2D eigenvalue weighted by Gasteiger charge is -2.14. The Labute approximate surface area is 162 Å². The van der Waals surface area contributed by atoms with Crippen LogP contribution in [0.5, 0.6) is 11.5 Å². The average molecular weight is 405 g/mol. The van der Waals surface area contributed by atoms with Crippen molar-refractivity contribution in [2.24, 2.45) is 5.92 Å². The van der Waals surface area contributed by atoms with Crippen LogP contribution >= 0.6 is 0 Å². The minimum Gasteiger partial charge on any atom is -0.497 e. The summed E-state index contributed by atoms with van der Waals surface area (Å²) in [6.45, 7) is 1.46. The molecule has 0 bridgehead atoms. The number of hydrogen-bond donors (Lipinski definition) is 3. The van der Waals surface area contributed by atoms with E-state index >= 15 is 0 Å². The SMILES string of the molecule is COc1ccc(OC)c(NS(=O)(=O)c2ccc3c(c2)NC(=O)[C@@H](C)C(=O)N3)c1. The van der Waals surface area contributed by atoms with Gasteiger partial charge < -0.3 is 20.1 Å². The molecule has 1 aliphatic rings. The van der Waals surface area contributed by atoms with Gasteiger partial charge in [-0.15, -0.1) is 0 Å². The van der Waals surface area contributed by atoms with E-state index in [-0.39, 0.29) is 16.3 Å². The van der Waals surface area contributed by atoms with Crippen LogP contribution in [0.4, 0.5) is 17.1 Å². The van der Waals surface area contributed by atoms with Crippen LogP contribution in [0.15, 0.2) is 41.3 Å². The van der Waals surface area contributed by atoms with E-state index in [4.69, 9.17) is 9.47 Å². The summed E-state index contributed by atoms with van der Waals surface area (Å²) in [4.78, 5) is 23.8. The maximum atomic E-state index is 12.8. The molecule has 2 amide bonds. The number of ether oxygens (including phenoxy) is 2. The van der Waals surface area contributed by atoms with E-state index in [0.717, 1.165) is 0 Å². The molecule has 1 heterocycles. The Morgan fingerprint density at radius 2 is 1.61 bits per heavy atom. The third kappa shape index (κ3) is 3.72. The Morgan fingerprint density at radius 3 is 2.25 bits per heavy atom. The van der Waals surface area contributed by atoms with Crippen molar-refractivity contribution in [2.75, 3.05) is 29.6 Å². The van der Waals surface area contributed by atoms with Gasteiger partial charge in [-0.1, -0.05) is 0 Å². The largest absolute Gasteiger partial charge is 0.497 e. The highest BCUT2D eigenvalue weighted by Gasteiger charge is 2.28. The Bertz CT molecular complexity index is 1050. The molecule has 3 N–H and O–H groups in total. The minimum atomic E-state index is -4.01. The van der Waals surface area contributed by atoms with E-state index < -0.39 is 27.8 Å². The zero-order valence-electron chi connectivity index (χ0n) is 15.4. The summed E-state index contributed by atoms with van der Waals surface area (Å²) in [5, 5.41) is 5.15. The van der Waals surface area contributed by atoms with Gasteiger partial charge >= 0.3 is 0 Å². The first-order valence-electron chi connectivity index (χ1n) is 8.26. The smallest absolute Gasteiger partial charge is 0.262 e. The molecule has 0 spiro atoms. The number of amides is 2. The number of benzene rings is 2. The van der Waals surface area contributed by atoms with Crippen LogP contribution < -0.4 is 24.8 Å². The molecular weight excluding hydrogens is 386 g/mol. The average Bonchev–Trinajstić information content (AvgIpc) is 2.77. The maximum Gasteiger partial charge on any atom is 0.262 e. The van der Waals surface area contributed by atoms with Gasteiger partial charge in [-0.05, 0) is 37.3 Å². The monoisotopic (exact) mass is 405 g/mol. The molecule has 9 nitrogen and oxygen atoms in total. The fourth-order valence-corrected chi connectivity index (χ4v) is 3.69. The fourth-order valence-electron chi connectivity index (χ4n) is 2.60. The van der Waals surface area contributed by atoms with Crippen molar-refractivity contribution < 1.29 is 27.5 Å². The van der Waals surface area contributed by atoms with Crippen LogP contribution in [-0.4, -0.2) is 34.5 Å². The van der Waals surface area contributed by atoms with Crippen LogP contribution in [0.1, 0.15) is 6.92 Å². The van der Waals surface area contributed by atoms with E-state index in [1.54, 1.807) is 12.1 Å². The highest BCUT2D eigenvalue weighted by Crippen LogP contribution is 2.33. The van der Waals surface area contributed by atoms with Crippen molar-refractivity contribution in [1.29, 1.82) is 0 Å². The lowest BCUT2D eigenvalue weighted by Crippen LogP contribution is -2.28. The predicted octanol–water partition coefficient (Wildman–Crippen LogP) is 2.03. The van der Waals surface area contributed by atoms with Crippen LogP contribution in [0.2, 0.25) is 0 Å². The highest BCUT2D eigenvalue weighted by molar-refractivity contribution is 7.92. The first-order chi connectivity index (χ1) is 13.2. The fraction of sp³-hybridized carbons (Fsp3) is 0.222. The third-order valence-corrected chi connectivity index (χ3v) is 5.62. The Hall–Kier alpha value is -3.27. The molecular formula is C18H19N3O6S. The van der Waals surface area contributed by atoms with Gasteiger partial charge in [0.15, 0.2) is 0 Å². The molecule has 0 unspecified atom stereocenters. The molecule has 0 saturated carbocycles. The quantitative estimate of drug-likeness (QED) is 0.654. The van der Waals surface area contributed by atoms with E-state index in [1.165, 1.54) is 45.4 Å². The Kier molecular flexibility index (Phi) is 5.14. The third-order valence-electron chi connectivity index (χ3n) is 4.25. The lowest BCUT2D eigenvalue weighted by molar-refractivity contribution is -0.128. The molecule has 28 heavy (non-hydrogen) atoms. The van der Waals surface area contributed by atoms with Gasteiger partial charge in [0.25, 0.3) is 10.0 Å². The number of nitrogens with one attached hydrogen (secondary N) is 3. The normalized spacial score (nSPS) is 16.3. The van der Waals surface area contributed by atoms with Crippen molar-refractivity contribution in [1.82, 2.24) is 0 Å². The molecule has 0 radical (unpaired) electrons. The van der Waals surface area contributed by atoms with Crippen LogP contribution in [0.25, 0.3) is 0 Å². The minimum absolute atomic E-state index is 0.0970. The van der Waals surface area contributed by atoms with Crippen molar-refractivity contribution in [3.63, 3.8) is 0 Å². The number of sulfonamides is 1. The second-order valence-corrected chi connectivity index (χ2v) is 7.76. The number of carbonyl (C=O) groups excluding carboxylic acids is 2. The molecule has 10 heteroatoms. The number of hydrogen-bond acceptors (Lipinski definition) is 6. The summed E-state index contributed by atoms with van der Waals surface area (Å²) in [6.07, 6.45) is 0. The van der Waals surface area contributed by atoms with E-state index in [2.05, 4.69) is 15.4 Å². The molecule has 3 rings (SSSR count). The number of anilines is 3. The molecule has 1 atom stereocenters. The first-order valence-corrected chi connectivity index (χ1v) is 9.74. The number of fused-ring (bicyclic) bond motifs is 1. The van der Waals surface area contributed by atoms with E-state index in [0.29, 0.717) is 17.2 Å². The predicted molar refractivity (Wildman–Crippen MR) is 103 cm³/mol. The standard InChI is InChI=1S/C18H19N3O6S/c1-10-17(22)19-13-6-5-12(9-14(13)20-18(10)23)28(24,25)21-15-8-11(26-2)4-7-16(15)27-3/h4-10,21H,1-3H3,(H,19,22)(H,20,23)/t10-/m0/s1. The molecule has 0 saturated heterocycles. The van der Waals surface area contributed by atoms with Crippen LogP contribution in [-0.2, 0) is 19.6 Å². The summed E-state index contributed by atoms with van der Waals surface area (Å²) in [7, 11) is -1.13. The van der Waals surface area contributed by atoms with Crippen LogP contribution in [0, 0.1) is 5.92 Å². The second kappa shape index (κ2) is 7.39. The summed E-state index contributed by atoms with van der Waals surface area (Å²) in [5.74, 6) is -1.12. The maximum absolute atomic E-state index is 12.8. The molecule has 0 fully saturated rings. The van der Waals surface area contributed by atoms with E-state index in [1.807, 2.05) is 0 Å². The highest BCUT2D eigenvalue weighted by atomic mass is 32.2. The van der Waals surface area contributed by atoms with Gasteiger partial charge in [-0.3, -0.25) is 14.3 Å². The van der Waals surface area contributed by atoms with Gasteiger partial charge in [-0.25, -0.2) is 8.42 Å². The molecule has 2 aromatic carbocycles. The zero-order valence-corrected chi connectivity index (χ0v) is 16.2. The molecule has 148 valence electrons. The zero-order chi connectivity index (χ0) is 20.5. The number of rotatable bonds is 5. The molecule has 0 aromatic heterocycles. The van der Waals surface area contributed by atoms with E-state index in [9.17, 15) is 18.0 Å². The number of carbonyl (C=O) groups is 2. The molecule has 1 aliphatic heterocycles. The molecule has 0 aliphatic carbocycles. The van der Waals surface area contributed by atoms with Crippen molar-refractivity contribution >= 4 is 38.9 Å². The van der Waals surface area contributed by atoms with Gasteiger partial charge in [0.05, 0.1) is 36.2 Å². The summed E-state index contributed by atoms with van der Waals surface area (Å²) in [5.41, 5.74) is 0.714. The Balaban J connectivity index is 1.97. The summed E-state index contributed by atoms with van der Waals surface area (Å²) >= 11 is 0. The van der Waals surface area contributed by atoms with Gasteiger partial charge in [0.2, 0.25) is 11.8 Å². The lowest BCUT2D eigenvalue weighted by atomic mass is 10.1.